The zero-order valence-electron chi connectivity index (χ0n) is 17.1. The zero-order chi connectivity index (χ0) is 22.4. The van der Waals surface area contributed by atoms with E-state index in [1.165, 1.54) is 18.5 Å². The standard InChI is InChI=1S/C22H20N6O3.2ClH/c23-20(29)10-8-18-17-7-3-15(21(24)25)11-14(17)4-9-19(18)31-22(30)13-1-5-16(6-2-13)27-12-28-26;;/h1-12H,26H2,(H2,23,29)(H3,24,25)(H,27,28);2*1H/b10-8+;;. The first-order valence-electron chi connectivity index (χ1n) is 9.08. The number of hydrazine groups is 1. The summed E-state index contributed by atoms with van der Waals surface area (Å²) in [5.41, 5.74) is 15.1. The first-order valence-corrected chi connectivity index (χ1v) is 9.08. The molecule has 0 atom stereocenters. The molecule has 1 amide bonds. The summed E-state index contributed by atoms with van der Waals surface area (Å²) in [5.74, 6) is 4.09. The number of nitrogens with one attached hydrogen (secondary N) is 2. The van der Waals surface area contributed by atoms with Crippen LogP contribution in [-0.4, -0.2) is 24.1 Å². The van der Waals surface area contributed by atoms with Crippen LogP contribution in [-0.2, 0) is 4.79 Å². The molecular formula is C22H22Cl2N6O3. The molecule has 33 heavy (non-hydrogen) atoms. The molecule has 0 bridgehead atoms. The molecule has 0 saturated heterocycles. The Kier molecular flexibility index (Phi) is 10.0. The number of carbonyl (C=O) groups excluding carboxylic acids is 2. The van der Waals surface area contributed by atoms with E-state index < -0.39 is 11.9 Å². The van der Waals surface area contributed by atoms with Gasteiger partial charge in [0.25, 0.3) is 0 Å². The van der Waals surface area contributed by atoms with Gasteiger partial charge in [0.05, 0.1) is 11.3 Å². The van der Waals surface area contributed by atoms with Crippen LogP contribution in [0.4, 0.5) is 5.69 Å². The van der Waals surface area contributed by atoms with Crippen molar-refractivity contribution < 1.29 is 14.3 Å². The number of nitrogen functional groups attached to an aromatic ring is 1. The Balaban J connectivity index is 0.00000272. The van der Waals surface area contributed by atoms with Gasteiger partial charge >= 0.3 is 5.97 Å². The zero-order valence-corrected chi connectivity index (χ0v) is 18.8. The molecule has 0 aliphatic rings. The lowest BCUT2D eigenvalue weighted by atomic mass is 10.00. The molecule has 0 heterocycles. The maximum Gasteiger partial charge on any atom is 0.343 e. The molecule has 9 nitrogen and oxygen atoms in total. The molecule has 172 valence electrons. The monoisotopic (exact) mass is 488 g/mol. The number of carbonyl (C=O) groups is 2. The van der Waals surface area contributed by atoms with Crippen molar-refractivity contribution in [2.24, 2.45) is 22.3 Å². The van der Waals surface area contributed by atoms with Crippen LogP contribution in [0.2, 0.25) is 0 Å². The van der Waals surface area contributed by atoms with Crippen molar-refractivity contribution in [3.05, 3.63) is 77.4 Å². The number of amidine groups is 1. The third-order valence-electron chi connectivity index (χ3n) is 4.34. The summed E-state index contributed by atoms with van der Waals surface area (Å²) in [7, 11) is 0. The third kappa shape index (κ3) is 6.78. The van der Waals surface area contributed by atoms with Gasteiger partial charge in [-0.1, -0.05) is 18.2 Å². The molecule has 3 rings (SSSR count). The lowest BCUT2D eigenvalue weighted by molar-refractivity contribution is -0.113. The Bertz CT molecular complexity index is 1230. The highest BCUT2D eigenvalue weighted by molar-refractivity contribution is 6.03. The number of rotatable bonds is 7. The van der Waals surface area contributed by atoms with Gasteiger partial charge in [-0.15, -0.1) is 24.8 Å². The van der Waals surface area contributed by atoms with E-state index in [0.29, 0.717) is 27.8 Å². The van der Waals surface area contributed by atoms with E-state index >= 15 is 0 Å². The van der Waals surface area contributed by atoms with E-state index in [1.54, 1.807) is 54.6 Å². The number of fused-ring (bicyclic) bond motifs is 1. The number of nitrogens with two attached hydrogens (primary N) is 3. The average molecular weight is 489 g/mol. The lowest BCUT2D eigenvalue weighted by Crippen LogP contribution is -2.18. The van der Waals surface area contributed by atoms with Crippen molar-refractivity contribution in [2.45, 2.75) is 0 Å². The fraction of sp³-hybridized carbons (Fsp3) is 0. The Labute approximate surface area is 202 Å². The molecule has 0 aliphatic carbocycles. The molecule has 11 heteroatoms. The van der Waals surface area contributed by atoms with Crippen molar-refractivity contribution in [1.82, 2.24) is 5.43 Å². The largest absolute Gasteiger partial charge is 0.422 e. The van der Waals surface area contributed by atoms with Crippen molar-refractivity contribution in [3.8, 4) is 5.75 Å². The normalized spacial score (nSPS) is 10.5. The highest BCUT2D eigenvalue weighted by atomic mass is 35.5. The number of ether oxygens (including phenoxy) is 1. The van der Waals surface area contributed by atoms with E-state index in [2.05, 4.69) is 10.4 Å². The third-order valence-corrected chi connectivity index (χ3v) is 4.34. The number of amides is 1. The van der Waals surface area contributed by atoms with Gasteiger partial charge in [0, 0.05) is 17.2 Å². The highest BCUT2D eigenvalue weighted by Crippen LogP contribution is 2.31. The predicted molar refractivity (Wildman–Crippen MR) is 135 cm³/mol. The summed E-state index contributed by atoms with van der Waals surface area (Å²) in [4.78, 5) is 28.0. The van der Waals surface area contributed by atoms with Gasteiger partial charge in [-0.3, -0.25) is 10.2 Å². The minimum Gasteiger partial charge on any atom is -0.422 e. The molecule has 0 radical (unpaired) electrons. The van der Waals surface area contributed by atoms with Gasteiger partial charge in [0.15, 0.2) is 0 Å². The molecule has 8 N–H and O–H groups in total. The maximum atomic E-state index is 12.7. The second kappa shape index (κ2) is 12.2. The number of benzene rings is 3. The minimum absolute atomic E-state index is 0. The van der Waals surface area contributed by atoms with Crippen LogP contribution in [0, 0.1) is 5.41 Å². The first-order chi connectivity index (χ1) is 14.9. The van der Waals surface area contributed by atoms with Crippen LogP contribution in [0.5, 0.6) is 5.75 Å². The van der Waals surface area contributed by atoms with Crippen LogP contribution < -0.4 is 27.5 Å². The number of esters is 1. The fourth-order valence-electron chi connectivity index (χ4n) is 2.88. The van der Waals surface area contributed by atoms with E-state index in [4.69, 9.17) is 27.5 Å². The van der Waals surface area contributed by atoms with Gasteiger partial charge in [0.2, 0.25) is 5.91 Å². The van der Waals surface area contributed by atoms with Crippen LogP contribution in [0.1, 0.15) is 21.5 Å². The molecule has 0 fully saturated rings. The molecule has 0 unspecified atom stereocenters. The quantitative estimate of drug-likeness (QED) is 0.0650. The van der Waals surface area contributed by atoms with E-state index in [1.807, 2.05) is 0 Å². The summed E-state index contributed by atoms with van der Waals surface area (Å²) in [6, 6.07) is 14.9. The number of primary amides is 1. The van der Waals surface area contributed by atoms with Gasteiger partial charge < -0.3 is 21.6 Å². The van der Waals surface area contributed by atoms with Gasteiger partial charge in [-0.25, -0.2) is 15.6 Å². The van der Waals surface area contributed by atoms with E-state index in [9.17, 15) is 9.59 Å². The van der Waals surface area contributed by atoms with Crippen molar-refractivity contribution >= 4 is 71.4 Å². The smallest absolute Gasteiger partial charge is 0.343 e. The van der Waals surface area contributed by atoms with Gasteiger partial charge in [0.1, 0.15) is 17.9 Å². The first kappa shape index (κ1) is 27.1. The summed E-state index contributed by atoms with van der Waals surface area (Å²) in [6.07, 6.45) is 3.99. The topological polar surface area (TPSA) is 170 Å². The van der Waals surface area contributed by atoms with Crippen LogP contribution in [0.3, 0.4) is 0 Å². The van der Waals surface area contributed by atoms with Crippen molar-refractivity contribution in [2.75, 3.05) is 0 Å². The maximum absolute atomic E-state index is 12.7. The van der Waals surface area contributed by atoms with Gasteiger partial charge in [-0.05, 0) is 53.2 Å². The number of nitrogens with zero attached hydrogens (tertiary/aromatic N) is 1. The molecular weight excluding hydrogens is 467 g/mol. The number of aliphatic imine (C=N–C) groups is 1. The summed E-state index contributed by atoms with van der Waals surface area (Å²) in [6.45, 7) is 0. The second-order valence-corrected chi connectivity index (χ2v) is 6.42. The van der Waals surface area contributed by atoms with Gasteiger partial charge in [-0.2, -0.15) is 0 Å². The molecule has 3 aromatic rings. The highest BCUT2D eigenvalue weighted by Gasteiger charge is 2.14. The number of hydrogen-bond acceptors (Lipinski definition) is 6. The summed E-state index contributed by atoms with van der Waals surface area (Å²) in [5, 5.41) is 9.06. The predicted octanol–water partition coefficient (Wildman–Crippen LogP) is 2.81. The Hall–Kier alpha value is -3.92. The average Bonchev–Trinajstić information content (AvgIpc) is 2.76. The molecule has 0 spiro atoms. The summed E-state index contributed by atoms with van der Waals surface area (Å²) >= 11 is 0. The summed E-state index contributed by atoms with van der Waals surface area (Å²) < 4.78 is 5.59. The molecule has 0 aliphatic heterocycles. The van der Waals surface area contributed by atoms with Crippen LogP contribution >= 0.6 is 24.8 Å². The minimum atomic E-state index is -0.641. The molecule has 0 aromatic heterocycles. The van der Waals surface area contributed by atoms with E-state index in [0.717, 1.165) is 5.39 Å². The fourth-order valence-corrected chi connectivity index (χ4v) is 2.88. The van der Waals surface area contributed by atoms with Crippen molar-refractivity contribution in [3.63, 3.8) is 0 Å². The molecule has 3 aromatic carbocycles. The SMILES string of the molecule is Cl.Cl.N=C(N)c1ccc2c(/C=C/C(N)=O)c(OC(=O)c3ccc(N=CNN)cc3)ccc2c1. The van der Waals surface area contributed by atoms with Crippen LogP contribution in [0.25, 0.3) is 16.8 Å². The van der Waals surface area contributed by atoms with E-state index in [-0.39, 0.29) is 36.4 Å². The second-order valence-electron chi connectivity index (χ2n) is 6.42. The lowest BCUT2D eigenvalue weighted by Gasteiger charge is -2.12. The van der Waals surface area contributed by atoms with Crippen molar-refractivity contribution in [1.29, 1.82) is 5.41 Å². The Morgan fingerprint density at radius 1 is 0.970 bits per heavy atom. The van der Waals surface area contributed by atoms with Crippen LogP contribution in [0.15, 0.2) is 65.7 Å². The Morgan fingerprint density at radius 2 is 1.64 bits per heavy atom. The Morgan fingerprint density at radius 3 is 2.24 bits per heavy atom. The number of hydrogen-bond donors (Lipinski definition) is 5. The molecule has 0 saturated carbocycles. The number of halogens is 2.